The molecule has 11 nitrogen and oxygen atoms in total. The highest BCUT2D eigenvalue weighted by Crippen LogP contribution is 2.20. The largest absolute Gasteiger partial charge is 0.484 e. The van der Waals surface area contributed by atoms with Gasteiger partial charge >= 0.3 is 0 Å². The Hall–Kier alpha value is -3.83. The average Bonchev–Trinajstić information content (AvgIpc) is 2.98. The number of nitrogens with zero attached hydrogens (tertiary/aromatic N) is 3. The molecule has 3 heterocycles. The molecule has 1 fully saturated rings. The first kappa shape index (κ1) is 30.1. The Labute approximate surface area is 246 Å². The number of likely N-dealkylation sites (tertiary alicyclic amines) is 1. The summed E-state index contributed by atoms with van der Waals surface area (Å²) < 4.78 is 5.65. The number of rotatable bonds is 13. The van der Waals surface area contributed by atoms with Crippen LogP contribution in [0.2, 0.25) is 5.15 Å². The number of aryl methyl sites for hydroxylation is 1. The standard InChI is InChI=1S/C29H39ClN8O3/c1-32-28-25(36-26(30)27(31)37-28)29(40)35-22-7-4-16-38(18-22)15-3-6-20-8-10-23(11-9-20)41-19-24(39)34-14-12-21-5-2-13-33-17-21/h2,5,8-11,17,22,33H,3-4,6-7,12-16,18-19H2,1H3,(H,34,39)(H,35,40)(H3,31,32,37). The molecule has 12 heteroatoms. The van der Waals surface area contributed by atoms with Gasteiger partial charge in [0.1, 0.15) is 5.75 Å². The van der Waals surface area contributed by atoms with E-state index in [1.807, 2.05) is 30.5 Å². The summed E-state index contributed by atoms with van der Waals surface area (Å²) in [5.41, 5.74) is 8.23. The van der Waals surface area contributed by atoms with Crippen LogP contribution in [-0.2, 0) is 11.2 Å². The molecule has 0 saturated carbocycles. The van der Waals surface area contributed by atoms with E-state index in [1.54, 1.807) is 7.05 Å². The van der Waals surface area contributed by atoms with Gasteiger partial charge in [-0.05, 0) is 74.7 Å². The second kappa shape index (κ2) is 15.2. The van der Waals surface area contributed by atoms with E-state index in [-0.39, 0.29) is 41.1 Å². The van der Waals surface area contributed by atoms with Crippen LogP contribution in [0.25, 0.3) is 0 Å². The molecule has 0 radical (unpaired) electrons. The fraction of sp³-hybridized carbons (Fsp3) is 0.448. The summed E-state index contributed by atoms with van der Waals surface area (Å²) >= 11 is 5.99. The third kappa shape index (κ3) is 9.36. The molecule has 220 valence electrons. The second-order valence-corrected chi connectivity index (χ2v) is 10.5. The average molecular weight is 583 g/mol. The third-order valence-electron chi connectivity index (χ3n) is 6.99. The maximum atomic E-state index is 12.9. The molecule has 0 aliphatic carbocycles. The lowest BCUT2D eigenvalue weighted by Crippen LogP contribution is -2.48. The van der Waals surface area contributed by atoms with Crippen molar-refractivity contribution >= 4 is 35.1 Å². The van der Waals surface area contributed by atoms with Gasteiger partial charge in [-0.2, -0.15) is 0 Å². The molecule has 0 spiro atoms. The van der Waals surface area contributed by atoms with Crippen molar-refractivity contribution in [3.05, 3.63) is 64.6 Å². The van der Waals surface area contributed by atoms with Gasteiger partial charge in [0, 0.05) is 32.7 Å². The summed E-state index contributed by atoms with van der Waals surface area (Å²) in [5.74, 6) is 0.606. The fourth-order valence-electron chi connectivity index (χ4n) is 4.87. The summed E-state index contributed by atoms with van der Waals surface area (Å²) in [6.07, 6.45) is 10.7. The van der Waals surface area contributed by atoms with E-state index in [4.69, 9.17) is 22.1 Å². The molecule has 2 aromatic rings. The predicted molar refractivity (Wildman–Crippen MR) is 161 cm³/mol. The van der Waals surface area contributed by atoms with E-state index >= 15 is 0 Å². The van der Waals surface area contributed by atoms with Crippen LogP contribution in [0.5, 0.6) is 5.75 Å². The van der Waals surface area contributed by atoms with Crippen molar-refractivity contribution in [2.45, 2.75) is 38.1 Å². The van der Waals surface area contributed by atoms with Crippen LogP contribution in [0, 0.1) is 0 Å². The number of anilines is 2. The molecule has 6 N–H and O–H groups in total. The summed E-state index contributed by atoms with van der Waals surface area (Å²) in [5, 5.41) is 12.0. The summed E-state index contributed by atoms with van der Waals surface area (Å²) in [6.45, 7) is 4.13. The van der Waals surface area contributed by atoms with Crippen LogP contribution < -0.4 is 31.7 Å². The Morgan fingerprint density at radius 1 is 1.22 bits per heavy atom. The van der Waals surface area contributed by atoms with Crippen molar-refractivity contribution in [3.8, 4) is 5.75 Å². The van der Waals surface area contributed by atoms with E-state index in [1.165, 1.54) is 11.1 Å². The number of piperidine rings is 1. The van der Waals surface area contributed by atoms with Gasteiger partial charge in [-0.15, -0.1) is 0 Å². The van der Waals surface area contributed by atoms with Crippen LogP contribution in [0.15, 0.2) is 48.2 Å². The molecule has 2 amide bonds. The maximum absolute atomic E-state index is 12.9. The number of hydrogen-bond donors (Lipinski definition) is 5. The van der Waals surface area contributed by atoms with Crippen LogP contribution in [0.4, 0.5) is 11.6 Å². The minimum Gasteiger partial charge on any atom is -0.484 e. The van der Waals surface area contributed by atoms with Gasteiger partial charge in [-0.1, -0.05) is 35.9 Å². The zero-order valence-electron chi connectivity index (χ0n) is 23.4. The second-order valence-electron chi connectivity index (χ2n) is 10.1. The number of nitrogens with one attached hydrogen (secondary N) is 4. The highest BCUT2D eigenvalue weighted by molar-refractivity contribution is 6.31. The van der Waals surface area contributed by atoms with Gasteiger partial charge in [0.05, 0.1) is 0 Å². The van der Waals surface area contributed by atoms with Gasteiger partial charge in [0.25, 0.3) is 11.8 Å². The van der Waals surface area contributed by atoms with Crippen molar-refractivity contribution in [3.63, 3.8) is 0 Å². The molecule has 1 aromatic carbocycles. The highest BCUT2D eigenvalue weighted by atomic mass is 35.5. The highest BCUT2D eigenvalue weighted by Gasteiger charge is 2.24. The number of benzene rings is 1. The lowest BCUT2D eigenvalue weighted by molar-refractivity contribution is -0.123. The van der Waals surface area contributed by atoms with E-state index in [9.17, 15) is 9.59 Å². The Morgan fingerprint density at radius 3 is 2.80 bits per heavy atom. The summed E-state index contributed by atoms with van der Waals surface area (Å²) in [4.78, 5) is 35.6. The smallest absolute Gasteiger partial charge is 0.274 e. The number of allylic oxidation sites excluding steroid dienone is 1. The van der Waals surface area contributed by atoms with Crippen molar-refractivity contribution in [1.29, 1.82) is 0 Å². The number of nitrogen functional groups attached to an aromatic ring is 1. The lowest BCUT2D eigenvalue weighted by Gasteiger charge is -2.33. The molecular formula is C29H39ClN8O3. The normalized spacial score (nSPS) is 16.8. The van der Waals surface area contributed by atoms with Crippen LogP contribution in [0.1, 0.15) is 41.7 Å². The molecular weight excluding hydrogens is 544 g/mol. The zero-order valence-corrected chi connectivity index (χ0v) is 24.2. The first-order valence-electron chi connectivity index (χ1n) is 14.0. The summed E-state index contributed by atoms with van der Waals surface area (Å²) in [6, 6.07) is 7.92. The van der Waals surface area contributed by atoms with Crippen molar-refractivity contribution < 1.29 is 14.3 Å². The minimum absolute atomic E-state index is 0.00659. The number of halogens is 1. The topological polar surface area (TPSA) is 147 Å². The number of ether oxygens (including phenoxy) is 1. The monoisotopic (exact) mass is 582 g/mol. The van der Waals surface area contributed by atoms with E-state index in [2.05, 4.69) is 48.3 Å². The van der Waals surface area contributed by atoms with E-state index in [0.717, 1.165) is 58.3 Å². The van der Waals surface area contributed by atoms with Crippen molar-refractivity contribution in [1.82, 2.24) is 30.8 Å². The molecule has 1 unspecified atom stereocenters. The van der Waals surface area contributed by atoms with Crippen LogP contribution in [-0.4, -0.2) is 79.1 Å². The number of dihydropyridines is 1. The number of aromatic nitrogens is 2. The first-order valence-corrected chi connectivity index (χ1v) is 14.4. The Balaban J connectivity index is 1.14. The number of carbonyl (C=O) groups is 2. The Morgan fingerprint density at radius 2 is 2.05 bits per heavy atom. The third-order valence-corrected chi connectivity index (χ3v) is 7.27. The maximum Gasteiger partial charge on any atom is 0.274 e. The number of amides is 2. The molecule has 1 aromatic heterocycles. The van der Waals surface area contributed by atoms with Gasteiger partial charge in [-0.25, -0.2) is 9.97 Å². The van der Waals surface area contributed by atoms with Gasteiger partial charge in [-0.3, -0.25) is 9.59 Å². The van der Waals surface area contributed by atoms with E-state index < -0.39 is 0 Å². The SMILES string of the molecule is CNc1nc(N)c(Cl)nc1C(=O)NC1CCCN(CCCc2ccc(OCC(=O)NCCC3=CNCC=C3)cc2)C1. The molecule has 0 bridgehead atoms. The molecule has 1 atom stereocenters. The Bertz CT molecular complexity index is 1250. The Kier molecular flexibility index (Phi) is 11.2. The number of nitrogens with two attached hydrogens (primary N) is 1. The zero-order chi connectivity index (χ0) is 29.0. The number of carbonyl (C=O) groups excluding carboxylic acids is 2. The van der Waals surface area contributed by atoms with Crippen LogP contribution >= 0.6 is 11.6 Å². The van der Waals surface area contributed by atoms with Crippen molar-refractivity contribution in [2.24, 2.45) is 0 Å². The van der Waals surface area contributed by atoms with Gasteiger partial charge in [0.15, 0.2) is 29.1 Å². The van der Waals surface area contributed by atoms with Crippen LogP contribution in [0.3, 0.4) is 0 Å². The summed E-state index contributed by atoms with van der Waals surface area (Å²) in [7, 11) is 1.66. The fourth-order valence-corrected chi connectivity index (χ4v) is 4.99. The predicted octanol–water partition coefficient (Wildman–Crippen LogP) is 2.51. The molecule has 41 heavy (non-hydrogen) atoms. The molecule has 1 saturated heterocycles. The lowest BCUT2D eigenvalue weighted by atomic mass is 10.0. The molecule has 2 aliphatic heterocycles. The number of hydrogen-bond acceptors (Lipinski definition) is 9. The molecule has 4 rings (SSSR count). The quantitative estimate of drug-likeness (QED) is 0.240. The minimum atomic E-state index is -0.317. The molecule has 2 aliphatic rings. The van der Waals surface area contributed by atoms with Gasteiger partial charge < -0.3 is 36.6 Å². The van der Waals surface area contributed by atoms with E-state index in [0.29, 0.717) is 18.1 Å². The first-order chi connectivity index (χ1) is 19.9. The van der Waals surface area contributed by atoms with Crippen molar-refractivity contribution in [2.75, 3.05) is 57.4 Å². The van der Waals surface area contributed by atoms with Gasteiger partial charge in [0.2, 0.25) is 0 Å².